The number of hydrogen-bond acceptors (Lipinski definition) is 2. The van der Waals surface area contributed by atoms with Crippen molar-refractivity contribution < 1.29 is 4.74 Å². The molecule has 0 heterocycles. The van der Waals surface area contributed by atoms with Crippen LogP contribution in [0.1, 0.15) is 30.0 Å². The van der Waals surface area contributed by atoms with Crippen LogP contribution in [0.4, 0.5) is 0 Å². The van der Waals surface area contributed by atoms with Crippen molar-refractivity contribution in [3.8, 4) is 5.75 Å². The molecule has 0 aliphatic heterocycles. The lowest BCUT2D eigenvalue weighted by atomic mass is 10.0. The molecule has 2 aromatic rings. The Morgan fingerprint density at radius 2 is 1.71 bits per heavy atom. The molecule has 0 unspecified atom stereocenters. The summed E-state index contributed by atoms with van der Waals surface area (Å²) in [6, 6.07) is 18.1. The monoisotopic (exact) mass is 303 g/mol. The smallest absolute Gasteiger partial charge is 0.124 e. The lowest BCUT2D eigenvalue weighted by molar-refractivity contribution is 0.300. The third kappa shape index (κ3) is 5.25. The fraction of sp³-hybridized carbons (Fsp3) is 0.222. The molecule has 2 aromatic carbocycles. The van der Waals surface area contributed by atoms with E-state index in [0.29, 0.717) is 6.61 Å². The number of hydrogen-bond donors (Lipinski definition) is 1. The topological polar surface area (TPSA) is 35.2 Å². The van der Waals surface area contributed by atoms with Crippen LogP contribution in [0, 0.1) is 0 Å². The molecule has 0 aliphatic carbocycles. The molecule has 1 atom stereocenters. The quantitative estimate of drug-likeness (QED) is 0.755. The van der Waals surface area contributed by atoms with Crippen LogP contribution in [0.2, 0.25) is 0 Å². The van der Waals surface area contributed by atoms with Crippen molar-refractivity contribution in [2.24, 2.45) is 5.73 Å². The van der Waals surface area contributed by atoms with E-state index in [1.54, 1.807) is 0 Å². The van der Waals surface area contributed by atoms with E-state index in [0.717, 1.165) is 29.7 Å². The lowest BCUT2D eigenvalue weighted by Crippen LogP contribution is -2.11. The SMILES string of the molecule is C=CCC[C@@H](N)c1ccccc1OCc1ccccc1.Cl. The summed E-state index contributed by atoms with van der Waals surface area (Å²) >= 11 is 0. The van der Waals surface area contributed by atoms with E-state index in [9.17, 15) is 0 Å². The highest BCUT2D eigenvalue weighted by atomic mass is 35.5. The summed E-state index contributed by atoms with van der Waals surface area (Å²) in [5.41, 5.74) is 8.44. The first-order valence-electron chi connectivity index (χ1n) is 6.93. The molecular formula is C18H22ClNO. The van der Waals surface area contributed by atoms with Crippen LogP contribution in [0.5, 0.6) is 5.75 Å². The van der Waals surface area contributed by atoms with Crippen molar-refractivity contribution in [3.05, 3.63) is 78.4 Å². The molecule has 0 aromatic heterocycles. The lowest BCUT2D eigenvalue weighted by Gasteiger charge is -2.16. The van der Waals surface area contributed by atoms with E-state index in [1.165, 1.54) is 0 Å². The number of rotatable bonds is 7. The normalized spacial score (nSPS) is 11.3. The zero-order valence-electron chi connectivity index (χ0n) is 12.1. The number of nitrogens with two attached hydrogens (primary N) is 1. The Kier molecular flexibility index (Phi) is 7.59. The predicted molar refractivity (Wildman–Crippen MR) is 90.8 cm³/mol. The summed E-state index contributed by atoms with van der Waals surface area (Å²) in [4.78, 5) is 0. The molecule has 2 rings (SSSR count). The van der Waals surface area contributed by atoms with Crippen molar-refractivity contribution in [1.82, 2.24) is 0 Å². The molecule has 112 valence electrons. The van der Waals surface area contributed by atoms with E-state index in [4.69, 9.17) is 10.5 Å². The van der Waals surface area contributed by atoms with E-state index in [1.807, 2.05) is 48.5 Å². The van der Waals surface area contributed by atoms with Gasteiger partial charge in [-0.2, -0.15) is 0 Å². The molecule has 2 N–H and O–H groups in total. The fourth-order valence-corrected chi connectivity index (χ4v) is 2.11. The standard InChI is InChI=1S/C18H21NO.ClH/c1-2-3-12-17(19)16-11-7-8-13-18(16)20-14-15-9-5-4-6-10-15;/h2,4-11,13,17H,1,3,12,14,19H2;1H/t17-;/m1./s1. The van der Waals surface area contributed by atoms with Gasteiger partial charge >= 0.3 is 0 Å². The van der Waals surface area contributed by atoms with Gasteiger partial charge in [-0.3, -0.25) is 0 Å². The molecule has 0 saturated heterocycles. The Hall–Kier alpha value is -1.77. The first-order chi connectivity index (χ1) is 9.81. The molecule has 21 heavy (non-hydrogen) atoms. The molecule has 0 amide bonds. The zero-order chi connectivity index (χ0) is 14.2. The third-order valence-corrected chi connectivity index (χ3v) is 3.24. The average Bonchev–Trinajstić information content (AvgIpc) is 2.52. The highest BCUT2D eigenvalue weighted by Crippen LogP contribution is 2.27. The van der Waals surface area contributed by atoms with Crippen molar-refractivity contribution in [3.63, 3.8) is 0 Å². The summed E-state index contributed by atoms with van der Waals surface area (Å²) in [6.45, 7) is 4.30. The third-order valence-electron chi connectivity index (χ3n) is 3.24. The Labute approximate surface area is 133 Å². The summed E-state index contributed by atoms with van der Waals surface area (Å²) in [5.74, 6) is 0.868. The van der Waals surface area contributed by atoms with Gasteiger partial charge in [0.1, 0.15) is 12.4 Å². The van der Waals surface area contributed by atoms with E-state index >= 15 is 0 Å². The maximum Gasteiger partial charge on any atom is 0.124 e. The Morgan fingerprint density at radius 1 is 1.05 bits per heavy atom. The highest BCUT2D eigenvalue weighted by Gasteiger charge is 2.11. The average molecular weight is 304 g/mol. The van der Waals surface area contributed by atoms with Crippen LogP contribution in [0.15, 0.2) is 67.3 Å². The maximum atomic E-state index is 6.22. The zero-order valence-corrected chi connectivity index (χ0v) is 12.9. The highest BCUT2D eigenvalue weighted by molar-refractivity contribution is 5.85. The van der Waals surface area contributed by atoms with Crippen LogP contribution in [0.3, 0.4) is 0 Å². The minimum atomic E-state index is -0.0139. The molecule has 3 heteroatoms. The van der Waals surface area contributed by atoms with Gasteiger partial charge in [-0.15, -0.1) is 19.0 Å². The summed E-state index contributed by atoms with van der Waals surface area (Å²) in [5, 5.41) is 0. The molecule has 0 aliphatic rings. The predicted octanol–water partition coefficient (Wildman–Crippen LogP) is 4.65. The van der Waals surface area contributed by atoms with Gasteiger partial charge in [-0.05, 0) is 24.5 Å². The Bertz CT molecular complexity index is 542. The maximum absolute atomic E-state index is 6.22. The largest absolute Gasteiger partial charge is 0.489 e. The molecule has 2 nitrogen and oxygen atoms in total. The minimum absolute atomic E-state index is 0. The van der Waals surface area contributed by atoms with Crippen LogP contribution in [0.25, 0.3) is 0 Å². The van der Waals surface area contributed by atoms with Crippen molar-refractivity contribution in [2.75, 3.05) is 0 Å². The summed E-state index contributed by atoms with van der Waals surface area (Å²) in [7, 11) is 0. The first-order valence-corrected chi connectivity index (χ1v) is 6.93. The second kappa shape index (κ2) is 9.22. The van der Waals surface area contributed by atoms with E-state index in [2.05, 4.69) is 18.7 Å². The van der Waals surface area contributed by atoms with Crippen molar-refractivity contribution >= 4 is 12.4 Å². The summed E-state index contributed by atoms with van der Waals surface area (Å²) < 4.78 is 5.92. The second-order valence-corrected chi connectivity index (χ2v) is 4.78. The molecule has 0 radical (unpaired) electrons. The summed E-state index contributed by atoms with van der Waals surface area (Å²) in [6.07, 6.45) is 3.69. The van der Waals surface area contributed by atoms with Crippen molar-refractivity contribution in [2.45, 2.75) is 25.5 Å². The van der Waals surface area contributed by atoms with Crippen molar-refractivity contribution in [1.29, 1.82) is 0 Å². The van der Waals surface area contributed by atoms with Gasteiger partial charge in [0.2, 0.25) is 0 Å². The van der Waals surface area contributed by atoms with E-state index in [-0.39, 0.29) is 18.4 Å². The molecule has 0 bridgehead atoms. The van der Waals surface area contributed by atoms with Gasteiger partial charge < -0.3 is 10.5 Å². The van der Waals surface area contributed by atoms with Crippen LogP contribution in [-0.2, 0) is 6.61 Å². The second-order valence-electron chi connectivity index (χ2n) is 4.78. The van der Waals surface area contributed by atoms with Gasteiger partial charge in [0, 0.05) is 11.6 Å². The Balaban J connectivity index is 0.00000220. The number of para-hydroxylation sites is 1. The number of ether oxygens (including phenoxy) is 1. The number of benzene rings is 2. The van der Waals surface area contributed by atoms with Crippen LogP contribution >= 0.6 is 12.4 Å². The minimum Gasteiger partial charge on any atom is -0.489 e. The first kappa shape index (κ1) is 17.3. The van der Waals surface area contributed by atoms with Crippen LogP contribution in [-0.4, -0.2) is 0 Å². The number of halogens is 1. The van der Waals surface area contributed by atoms with Gasteiger partial charge in [0.15, 0.2) is 0 Å². The van der Waals surface area contributed by atoms with Gasteiger partial charge in [-0.1, -0.05) is 54.6 Å². The Morgan fingerprint density at radius 3 is 2.43 bits per heavy atom. The molecule has 0 spiro atoms. The van der Waals surface area contributed by atoms with Gasteiger partial charge in [-0.25, -0.2) is 0 Å². The van der Waals surface area contributed by atoms with Gasteiger partial charge in [0.05, 0.1) is 0 Å². The molecule has 0 fully saturated rings. The molecule has 0 saturated carbocycles. The van der Waals surface area contributed by atoms with Crippen LogP contribution < -0.4 is 10.5 Å². The molecular weight excluding hydrogens is 282 g/mol. The fourth-order valence-electron chi connectivity index (χ4n) is 2.11. The number of allylic oxidation sites excluding steroid dienone is 1. The van der Waals surface area contributed by atoms with Gasteiger partial charge in [0.25, 0.3) is 0 Å². The van der Waals surface area contributed by atoms with E-state index < -0.39 is 0 Å².